The summed E-state index contributed by atoms with van der Waals surface area (Å²) in [6.45, 7) is 6.10. The van der Waals surface area contributed by atoms with Crippen molar-refractivity contribution in [3.05, 3.63) is 0 Å². The second-order valence-electron chi connectivity index (χ2n) is 3.96. The number of aliphatic hydroxyl groups is 1. The van der Waals surface area contributed by atoms with Crippen molar-refractivity contribution < 1.29 is 9.84 Å². The van der Waals surface area contributed by atoms with E-state index in [-0.39, 0.29) is 12.1 Å². The lowest BCUT2D eigenvalue weighted by Crippen LogP contribution is -2.45. The fourth-order valence-corrected chi connectivity index (χ4v) is 2.30. The van der Waals surface area contributed by atoms with Gasteiger partial charge < -0.3 is 15.2 Å². The van der Waals surface area contributed by atoms with E-state index in [2.05, 4.69) is 19.2 Å². The summed E-state index contributed by atoms with van der Waals surface area (Å²) in [5.74, 6) is 2.21. The van der Waals surface area contributed by atoms with Gasteiger partial charge >= 0.3 is 0 Å². The minimum absolute atomic E-state index is 0.101. The molecule has 0 aromatic rings. The van der Waals surface area contributed by atoms with Crippen LogP contribution < -0.4 is 5.32 Å². The van der Waals surface area contributed by atoms with Crippen molar-refractivity contribution >= 4 is 11.8 Å². The van der Waals surface area contributed by atoms with Crippen molar-refractivity contribution in [3.63, 3.8) is 0 Å². The Hall–Kier alpha value is 0.230. The van der Waals surface area contributed by atoms with E-state index in [0.29, 0.717) is 0 Å². The van der Waals surface area contributed by atoms with E-state index in [1.54, 1.807) is 7.11 Å². The second kappa shape index (κ2) is 9.46. The van der Waals surface area contributed by atoms with Crippen molar-refractivity contribution in [2.45, 2.75) is 32.2 Å². The Morgan fingerprint density at radius 2 is 2.13 bits per heavy atom. The summed E-state index contributed by atoms with van der Waals surface area (Å²) < 4.78 is 4.98. The van der Waals surface area contributed by atoms with Crippen molar-refractivity contribution in [2.24, 2.45) is 0 Å². The van der Waals surface area contributed by atoms with Crippen molar-refractivity contribution in [3.8, 4) is 0 Å². The summed E-state index contributed by atoms with van der Waals surface area (Å²) in [6, 6.07) is 0. The molecule has 0 spiro atoms. The van der Waals surface area contributed by atoms with Crippen molar-refractivity contribution in [1.82, 2.24) is 5.32 Å². The Balaban J connectivity index is 3.46. The maximum Gasteiger partial charge on any atom is 0.0610 e. The van der Waals surface area contributed by atoms with Gasteiger partial charge in [-0.05, 0) is 32.1 Å². The first-order valence-corrected chi connectivity index (χ1v) is 6.76. The predicted molar refractivity (Wildman–Crippen MR) is 67.6 cm³/mol. The Kier molecular flexibility index (Phi) is 9.60. The molecule has 1 unspecified atom stereocenters. The minimum Gasteiger partial charge on any atom is -0.394 e. The first-order valence-electron chi connectivity index (χ1n) is 5.61. The lowest BCUT2D eigenvalue weighted by atomic mass is 9.97. The Bertz CT molecular complexity index is 147. The normalized spacial score (nSPS) is 15.2. The van der Waals surface area contributed by atoms with Gasteiger partial charge in [0.1, 0.15) is 0 Å². The number of ether oxygens (including phenoxy) is 1. The van der Waals surface area contributed by atoms with Crippen LogP contribution in [0.5, 0.6) is 0 Å². The average molecular weight is 235 g/mol. The lowest BCUT2D eigenvalue weighted by molar-refractivity contribution is 0.167. The van der Waals surface area contributed by atoms with Crippen LogP contribution in [0, 0.1) is 0 Å². The SMILES string of the molecule is CCNC(C)(CO)CCCSCCOC. The summed E-state index contributed by atoms with van der Waals surface area (Å²) in [5, 5.41) is 12.6. The van der Waals surface area contributed by atoms with E-state index in [1.807, 2.05) is 11.8 Å². The molecule has 0 bridgehead atoms. The third kappa shape index (κ3) is 8.08. The van der Waals surface area contributed by atoms with Gasteiger partial charge in [-0.3, -0.25) is 0 Å². The molecule has 92 valence electrons. The van der Waals surface area contributed by atoms with E-state index >= 15 is 0 Å². The molecule has 0 aliphatic heterocycles. The Morgan fingerprint density at radius 3 is 2.67 bits per heavy atom. The van der Waals surface area contributed by atoms with Gasteiger partial charge in [0.05, 0.1) is 13.2 Å². The highest BCUT2D eigenvalue weighted by Gasteiger charge is 2.20. The molecule has 0 radical (unpaired) electrons. The maximum absolute atomic E-state index is 9.27. The Morgan fingerprint density at radius 1 is 1.40 bits per heavy atom. The van der Waals surface area contributed by atoms with Crippen molar-refractivity contribution in [1.29, 1.82) is 0 Å². The van der Waals surface area contributed by atoms with Crippen LogP contribution in [-0.2, 0) is 4.74 Å². The highest BCUT2D eigenvalue weighted by atomic mass is 32.2. The van der Waals surface area contributed by atoms with E-state index in [9.17, 15) is 5.11 Å². The van der Waals surface area contributed by atoms with Gasteiger partial charge in [0.25, 0.3) is 0 Å². The highest BCUT2D eigenvalue weighted by molar-refractivity contribution is 7.99. The number of rotatable bonds is 10. The van der Waals surface area contributed by atoms with Crippen LogP contribution in [0.2, 0.25) is 0 Å². The molecule has 0 amide bonds. The predicted octanol–water partition coefficient (Wildman–Crippen LogP) is 1.51. The van der Waals surface area contributed by atoms with Crippen LogP contribution in [0.15, 0.2) is 0 Å². The average Bonchev–Trinajstić information content (AvgIpc) is 2.24. The number of likely N-dealkylation sites (N-methyl/N-ethyl adjacent to an activating group) is 1. The zero-order valence-electron chi connectivity index (χ0n) is 10.2. The second-order valence-corrected chi connectivity index (χ2v) is 5.18. The van der Waals surface area contributed by atoms with Crippen LogP contribution >= 0.6 is 11.8 Å². The van der Waals surface area contributed by atoms with Gasteiger partial charge in [-0.1, -0.05) is 6.92 Å². The standard InChI is InChI=1S/C11H25NO2S/c1-4-12-11(2,10-13)6-5-8-15-9-7-14-3/h12-13H,4-10H2,1-3H3. The molecule has 0 heterocycles. The molecule has 1 atom stereocenters. The number of hydrogen-bond donors (Lipinski definition) is 2. The van der Waals surface area contributed by atoms with Crippen LogP contribution in [0.1, 0.15) is 26.7 Å². The quantitative estimate of drug-likeness (QED) is 0.563. The van der Waals surface area contributed by atoms with Crippen molar-refractivity contribution in [2.75, 3.05) is 38.4 Å². The molecule has 0 aliphatic carbocycles. The van der Waals surface area contributed by atoms with Gasteiger partial charge in [-0.25, -0.2) is 0 Å². The number of hydrogen-bond acceptors (Lipinski definition) is 4. The van der Waals surface area contributed by atoms with Crippen LogP contribution in [0.25, 0.3) is 0 Å². The summed E-state index contributed by atoms with van der Waals surface area (Å²) in [4.78, 5) is 0. The fraction of sp³-hybridized carbons (Fsp3) is 1.00. The summed E-state index contributed by atoms with van der Waals surface area (Å²) in [5.41, 5.74) is -0.101. The monoisotopic (exact) mass is 235 g/mol. The molecule has 2 N–H and O–H groups in total. The van der Waals surface area contributed by atoms with Gasteiger partial charge in [0.15, 0.2) is 0 Å². The maximum atomic E-state index is 9.27. The molecule has 0 saturated carbocycles. The molecule has 0 aromatic heterocycles. The minimum atomic E-state index is -0.101. The smallest absolute Gasteiger partial charge is 0.0610 e. The van der Waals surface area contributed by atoms with Gasteiger partial charge in [-0.2, -0.15) is 11.8 Å². The van der Waals surface area contributed by atoms with E-state index in [4.69, 9.17) is 4.74 Å². The molecule has 0 aliphatic rings. The van der Waals surface area contributed by atoms with Crippen LogP contribution in [-0.4, -0.2) is 49.0 Å². The molecule has 15 heavy (non-hydrogen) atoms. The lowest BCUT2D eigenvalue weighted by Gasteiger charge is -2.28. The third-order valence-electron chi connectivity index (χ3n) is 2.40. The van der Waals surface area contributed by atoms with E-state index < -0.39 is 0 Å². The van der Waals surface area contributed by atoms with Crippen LogP contribution in [0.3, 0.4) is 0 Å². The van der Waals surface area contributed by atoms with E-state index in [0.717, 1.165) is 37.5 Å². The first kappa shape index (κ1) is 15.2. The fourth-order valence-electron chi connectivity index (χ4n) is 1.46. The first-order chi connectivity index (χ1) is 7.18. The molecule has 4 heteroatoms. The molecule has 3 nitrogen and oxygen atoms in total. The number of thioether (sulfide) groups is 1. The zero-order valence-corrected chi connectivity index (χ0v) is 11.0. The molecular weight excluding hydrogens is 210 g/mol. The van der Waals surface area contributed by atoms with Gasteiger partial charge in [0, 0.05) is 18.4 Å². The summed E-state index contributed by atoms with van der Waals surface area (Å²) in [7, 11) is 1.73. The number of methoxy groups -OCH3 is 1. The Labute approximate surface area is 98.0 Å². The molecule has 0 rings (SSSR count). The molecule has 0 aromatic carbocycles. The third-order valence-corrected chi connectivity index (χ3v) is 3.43. The van der Waals surface area contributed by atoms with Gasteiger partial charge in [-0.15, -0.1) is 0 Å². The van der Waals surface area contributed by atoms with E-state index in [1.165, 1.54) is 0 Å². The molecule has 0 fully saturated rings. The zero-order chi connectivity index (χ0) is 11.6. The summed E-state index contributed by atoms with van der Waals surface area (Å²) >= 11 is 1.91. The topological polar surface area (TPSA) is 41.5 Å². The highest BCUT2D eigenvalue weighted by Crippen LogP contribution is 2.14. The summed E-state index contributed by atoms with van der Waals surface area (Å²) in [6.07, 6.45) is 2.16. The number of nitrogens with one attached hydrogen (secondary N) is 1. The van der Waals surface area contributed by atoms with Gasteiger partial charge in [0.2, 0.25) is 0 Å². The molecule has 0 saturated heterocycles. The van der Waals surface area contributed by atoms with Crippen LogP contribution in [0.4, 0.5) is 0 Å². The molecular formula is C11H25NO2S. The largest absolute Gasteiger partial charge is 0.394 e. The number of aliphatic hydroxyl groups excluding tert-OH is 1.